The molecular weight excluding hydrogens is 1200 g/mol. The van der Waals surface area contributed by atoms with Gasteiger partial charge in [0.2, 0.25) is 0 Å². The first-order valence-electron chi connectivity index (χ1n) is 33.0. The number of benzene rings is 14. The third-order valence-corrected chi connectivity index (χ3v) is 19.0. The predicted octanol–water partition coefficient (Wildman–Crippen LogP) is 23.8. The van der Waals surface area contributed by atoms with Gasteiger partial charge in [-0.1, -0.05) is 273 Å². The monoisotopic (exact) mass is 1250 g/mol. The maximum absolute atomic E-state index is 6.75. The van der Waals surface area contributed by atoms with Gasteiger partial charge in [0.15, 0.2) is 22.8 Å². The van der Waals surface area contributed by atoms with E-state index in [1.807, 2.05) is 97.1 Å². The van der Waals surface area contributed by atoms with Crippen LogP contribution in [0.5, 0.6) is 0 Å². The molecule has 0 amide bonds. The Balaban J connectivity index is 0.000000137. The number of para-hydroxylation sites is 6. The second-order valence-corrected chi connectivity index (χ2v) is 24.8. The van der Waals surface area contributed by atoms with Gasteiger partial charge in [0, 0.05) is 77.1 Å². The van der Waals surface area contributed by atoms with E-state index < -0.39 is 0 Å². The first-order chi connectivity index (χ1) is 48.6. The van der Waals surface area contributed by atoms with Crippen LogP contribution >= 0.6 is 0 Å². The highest BCUT2D eigenvalue weighted by Gasteiger charge is 2.23. The maximum atomic E-state index is 6.75. The zero-order valence-electron chi connectivity index (χ0n) is 52.8. The summed E-state index contributed by atoms with van der Waals surface area (Å²) in [6.07, 6.45) is 0. The summed E-state index contributed by atoms with van der Waals surface area (Å²) >= 11 is 0. The van der Waals surface area contributed by atoms with E-state index >= 15 is 0 Å². The summed E-state index contributed by atoms with van der Waals surface area (Å²) in [5, 5.41) is 9.35. The average Bonchev–Trinajstić information content (AvgIpc) is 1.60. The highest BCUT2D eigenvalue weighted by molar-refractivity contribution is 6.14. The van der Waals surface area contributed by atoms with E-state index in [1.54, 1.807) is 0 Å². The Bertz CT molecular complexity index is 6350. The minimum Gasteiger partial charge on any atom is -0.451 e. The van der Waals surface area contributed by atoms with Crippen LogP contribution in [-0.2, 0) is 0 Å². The Hall–Kier alpha value is -13.3. The molecule has 0 bridgehead atoms. The van der Waals surface area contributed by atoms with Gasteiger partial charge in [-0.05, 0) is 99.8 Å². The van der Waals surface area contributed by atoms with Crippen molar-refractivity contribution in [1.29, 1.82) is 0 Å². The van der Waals surface area contributed by atoms with E-state index in [9.17, 15) is 0 Å². The Morgan fingerprint density at radius 2 is 0.551 bits per heavy atom. The third-order valence-electron chi connectivity index (χ3n) is 19.0. The molecule has 0 unspecified atom stereocenters. The first-order valence-corrected chi connectivity index (χ1v) is 33.0. The fourth-order valence-electron chi connectivity index (χ4n) is 14.4. The molecule has 98 heavy (non-hydrogen) atoms. The fourth-order valence-corrected chi connectivity index (χ4v) is 14.4. The van der Waals surface area contributed by atoms with Gasteiger partial charge in [-0.2, -0.15) is 0 Å². The molecule has 0 aliphatic heterocycles. The van der Waals surface area contributed by atoms with Gasteiger partial charge in [-0.25, -0.2) is 19.9 Å². The van der Waals surface area contributed by atoms with Gasteiger partial charge >= 0.3 is 0 Å². The van der Waals surface area contributed by atoms with Crippen molar-refractivity contribution in [2.45, 2.75) is 0 Å². The lowest BCUT2D eigenvalue weighted by Gasteiger charge is -2.10. The third kappa shape index (κ3) is 9.53. The highest BCUT2D eigenvalue weighted by atomic mass is 16.3. The number of nitrogens with zero attached hydrogens (tertiary/aromatic N) is 6. The molecule has 0 N–H and O–H groups in total. The number of fused-ring (bicyclic) bond motifs is 13. The van der Waals surface area contributed by atoms with Crippen LogP contribution in [0.4, 0.5) is 0 Å². The standard InChI is InChI=1S/C46H29N3O.C44H27N3O/c1-3-12-33(13-4-1)42-45-43(48-46(47-42)34-14-5-2-6-15-34)39-19-11-18-36(44(39)50-45)32-24-22-30(23-25-32)31-26-28-35(29-27-31)49-40-20-9-7-16-37(40)38-17-8-10-21-41(38)49;1-3-12-28(13-4-1)40-43-41(46-44(45-40)29-14-5-2-6-15-29)37-19-11-18-34(42(37)48-43)32-23-22-31-27-33(25-24-30(31)26-32)47-38-20-9-7-16-35(38)36-17-8-10-21-39(36)47/h1-29H;1-27H. The summed E-state index contributed by atoms with van der Waals surface area (Å²) in [5.74, 6) is 1.36. The summed E-state index contributed by atoms with van der Waals surface area (Å²) in [5.41, 5.74) is 23.8. The van der Waals surface area contributed by atoms with Crippen molar-refractivity contribution < 1.29 is 8.83 Å². The topological polar surface area (TPSA) is 87.7 Å². The van der Waals surface area contributed by atoms with Crippen molar-refractivity contribution in [3.8, 4) is 90.0 Å². The molecule has 0 fully saturated rings. The van der Waals surface area contributed by atoms with Crippen LogP contribution in [-0.4, -0.2) is 29.1 Å². The normalized spacial score (nSPS) is 11.7. The Kier molecular flexibility index (Phi) is 13.4. The number of hydrogen-bond acceptors (Lipinski definition) is 6. The van der Waals surface area contributed by atoms with Crippen molar-refractivity contribution in [2.24, 2.45) is 0 Å². The lowest BCUT2D eigenvalue weighted by atomic mass is 9.99. The molecule has 14 aromatic carbocycles. The zero-order valence-corrected chi connectivity index (χ0v) is 52.8. The van der Waals surface area contributed by atoms with Crippen molar-refractivity contribution in [3.63, 3.8) is 0 Å². The lowest BCUT2D eigenvalue weighted by Crippen LogP contribution is -1.93. The molecule has 0 radical (unpaired) electrons. The van der Waals surface area contributed by atoms with Gasteiger partial charge in [0.25, 0.3) is 0 Å². The minimum atomic E-state index is 0.679. The summed E-state index contributed by atoms with van der Waals surface area (Å²) in [4.78, 5) is 20.2. The highest BCUT2D eigenvalue weighted by Crippen LogP contribution is 2.44. The molecule has 8 nitrogen and oxygen atoms in total. The quantitative estimate of drug-likeness (QED) is 0.143. The second-order valence-electron chi connectivity index (χ2n) is 24.8. The second kappa shape index (κ2) is 23.3. The van der Waals surface area contributed by atoms with Crippen molar-refractivity contribution >= 4 is 98.5 Å². The van der Waals surface area contributed by atoms with Gasteiger partial charge in [-0.15, -0.1) is 0 Å². The van der Waals surface area contributed by atoms with E-state index in [1.165, 1.54) is 59.9 Å². The van der Waals surface area contributed by atoms with E-state index in [4.69, 9.17) is 28.8 Å². The molecule has 0 aliphatic rings. The molecule has 20 rings (SSSR count). The van der Waals surface area contributed by atoms with Crippen LogP contribution in [0, 0.1) is 0 Å². The molecule has 458 valence electrons. The summed E-state index contributed by atoms with van der Waals surface area (Å²) in [6, 6.07) is 119. The lowest BCUT2D eigenvalue weighted by molar-refractivity contribution is 0.668. The molecule has 0 saturated carbocycles. The molecule has 20 aromatic rings. The average molecular weight is 1250 g/mol. The molecular formula is C90H56N6O2. The van der Waals surface area contributed by atoms with E-state index in [0.29, 0.717) is 22.8 Å². The van der Waals surface area contributed by atoms with Crippen LogP contribution < -0.4 is 0 Å². The number of furan rings is 2. The molecule has 8 heteroatoms. The van der Waals surface area contributed by atoms with Crippen LogP contribution in [0.1, 0.15) is 0 Å². The van der Waals surface area contributed by atoms with Crippen LogP contribution in [0.15, 0.2) is 349 Å². The molecule has 0 aliphatic carbocycles. The zero-order chi connectivity index (χ0) is 64.6. The van der Waals surface area contributed by atoms with E-state index in [-0.39, 0.29) is 0 Å². The Labute approximate surface area is 562 Å². The minimum absolute atomic E-state index is 0.679. The molecule has 0 spiro atoms. The molecule has 6 aromatic heterocycles. The maximum Gasteiger partial charge on any atom is 0.180 e. The van der Waals surface area contributed by atoms with E-state index in [0.717, 1.165) is 106 Å². The van der Waals surface area contributed by atoms with Gasteiger partial charge in [-0.3, -0.25) is 0 Å². The van der Waals surface area contributed by atoms with Crippen LogP contribution in [0.25, 0.3) is 189 Å². The van der Waals surface area contributed by atoms with Crippen LogP contribution in [0.2, 0.25) is 0 Å². The Morgan fingerprint density at radius 1 is 0.214 bits per heavy atom. The number of hydrogen-bond donors (Lipinski definition) is 0. The molecule has 6 heterocycles. The predicted molar refractivity (Wildman–Crippen MR) is 403 cm³/mol. The van der Waals surface area contributed by atoms with Crippen molar-refractivity contribution in [2.75, 3.05) is 0 Å². The molecule has 0 saturated heterocycles. The summed E-state index contributed by atoms with van der Waals surface area (Å²) < 4.78 is 18.2. The van der Waals surface area contributed by atoms with Gasteiger partial charge in [0.1, 0.15) is 33.6 Å². The Morgan fingerprint density at radius 3 is 1.01 bits per heavy atom. The van der Waals surface area contributed by atoms with Crippen LogP contribution in [0.3, 0.4) is 0 Å². The van der Waals surface area contributed by atoms with Crippen molar-refractivity contribution in [3.05, 3.63) is 340 Å². The largest absolute Gasteiger partial charge is 0.451 e. The fraction of sp³-hybridized carbons (Fsp3) is 0. The van der Waals surface area contributed by atoms with Crippen molar-refractivity contribution in [1.82, 2.24) is 29.1 Å². The smallest absolute Gasteiger partial charge is 0.180 e. The van der Waals surface area contributed by atoms with Gasteiger partial charge in [0.05, 0.1) is 22.1 Å². The van der Waals surface area contributed by atoms with Gasteiger partial charge < -0.3 is 18.0 Å². The first kappa shape index (κ1) is 56.3. The number of rotatable bonds is 9. The summed E-state index contributed by atoms with van der Waals surface area (Å²) in [6.45, 7) is 0. The molecule has 0 atom stereocenters. The number of aromatic nitrogens is 6. The van der Waals surface area contributed by atoms with E-state index in [2.05, 4.69) is 252 Å². The SMILES string of the molecule is c1ccc(-c2nc(-c3ccccc3)c3oc4c(-c5ccc(-c6ccc(-n7c8ccccc8c8ccccc87)cc6)cc5)cccc4c3n2)cc1.c1ccc(-c2nc(-c3ccccc3)c3oc4c(-c5ccc6cc(-n7c8ccccc8c8ccccc87)ccc6c5)cccc4c3n2)cc1. The summed E-state index contributed by atoms with van der Waals surface area (Å²) in [7, 11) is 0.